The van der Waals surface area contributed by atoms with Crippen molar-refractivity contribution in [2.24, 2.45) is 5.73 Å². The molecule has 25 heavy (non-hydrogen) atoms. The molecule has 0 radical (unpaired) electrons. The van der Waals surface area contributed by atoms with Crippen molar-refractivity contribution in [2.45, 2.75) is 38.6 Å². The lowest BCUT2D eigenvalue weighted by Gasteiger charge is -2.36. The average molecular weight is 344 g/mol. The largest absolute Gasteiger partial charge is 0.354 e. The second-order valence-corrected chi connectivity index (χ2v) is 6.43. The number of aromatic nitrogens is 3. The van der Waals surface area contributed by atoms with Gasteiger partial charge in [0.25, 0.3) is 5.91 Å². The molecule has 1 aliphatic heterocycles. The number of carbonyl (C=O) groups excluding carboxylic acids is 2. The number of fused-ring (bicyclic) bond motifs is 1. The summed E-state index contributed by atoms with van der Waals surface area (Å²) in [6, 6.07) is 1.84. The second-order valence-electron chi connectivity index (χ2n) is 6.43. The first kappa shape index (κ1) is 17.3. The van der Waals surface area contributed by atoms with Gasteiger partial charge in [-0.3, -0.25) is 14.7 Å². The van der Waals surface area contributed by atoms with E-state index in [1.807, 2.05) is 17.9 Å². The number of aromatic amines is 1. The maximum Gasteiger partial charge on any atom is 0.255 e. The average Bonchev–Trinajstić information content (AvgIpc) is 3.00. The van der Waals surface area contributed by atoms with Gasteiger partial charge in [-0.15, -0.1) is 0 Å². The van der Waals surface area contributed by atoms with E-state index < -0.39 is 0 Å². The molecule has 1 saturated heterocycles. The zero-order valence-electron chi connectivity index (χ0n) is 14.4. The van der Waals surface area contributed by atoms with Crippen LogP contribution in [0.15, 0.2) is 12.3 Å². The Morgan fingerprint density at radius 1 is 1.44 bits per heavy atom. The van der Waals surface area contributed by atoms with Crippen molar-refractivity contribution in [1.29, 1.82) is 0 Å². The van der Waals surface area contributed by atoms with Crippen LogP contribution in [0.25, 0.3) is 11.0 Å². The third-order valence-corrected chi connectivity index (χ3v) is 4.64. The Bertz CT molecular complexity index is 772. The third-order valence-electron chi connectivity index (χ3n) is 4.64. The minimum absolute atomic E-state index is 0.00381. The zero-order valence-corrected chi connectivity index (χ0v) is 14.4. The number of rotatable bonds is 5. The fourth-order valence-electron chi connectivity index (χ4n) is 3.23. The van der Waals surface area contributed by atoms with Crippen LogP contribution in [0.4, 0.5) is 0 Å². The van der Waals surface area contributed by atoms with Crippen molar-refractivity contribution < 1.29 is 9.59 Å². The minimum atomic E-state index is -0.0717. The number of nitrogens with two attached hydrogens (primary N) is 1. The van der Waals surface area contributed by atoms with Crippen molar-refractivity contribution in [3.8, 4) is 0 Å². The highest BCUT2D eigenvalue weighted by atomic mass is 16.2. The van der Waals surface area contributed by atoms with Crippen LogP contribution in [-0.2, 0) is 4.79 Å². The molecular formula is C17H24N6O2. The van der Waals surface area contributed by atoms with Crippen LogP contribution < -0.4 is 11.1 Å². The number of amides is 2. The van der Waals surface area contributed by atoms with E-state index in [1.165, 1.54) is 0 Å². The molecule has 0 aromatic carbocycles. The standard InChI is InChI=1S/C17H24N6O2/c1-11-14-8-12(9-20-16(14)22-21-11)17(25)23-7-3-2-4-13(23)10-19-15(24)5-6-18/h8-9,13H,2-7,10,18H2,1H3,(H,19,24)(H,20,21,22). The number of nitrogens with zero attached hydrogens (tertiary/aromatic N) is 3. The number of carbonyl (C=O) groups is 2. The van der Waals surface area contributed by atoms with Gasteiger partial charge in [0.05, 0.1) is 5.56 Å². The molecule has 3 rings (SSSR count). The molecule has 2 aromatic heterocycles. The lowest BCUT2D eigenvalue weighted by Crippen LogP contribution is -2.49. The van der Waals surface area contributed by atoms with Crippen LogP contribution in [0.3, 0.4) is 0 Å². The Balaban J connectivity index is 1.75. The second kappa shape index (κ2) is 7.60. The lowest BCUT2D eigenvalue weighted by molar-refractivity contribution is -0.121. The summed E-state index contributed by atoms with van der Waals surface area (Å²) in [5.74, 6) is -0.120. The number of piperidine rings is 1. The molecule has 1 aliphatic rings. The SMILES string of the molecule is Cc1[nH]nc2ncc(C(=O)N3CCCCC3CNC(=O)CCN)cc12. The fourth-order valence-corrected chi connectivity index (χ4v) is 3.23. The summed E-state index contributed by atoms with van der Waals surface area (Å²) in [6.07, 6.45) is 4.79. The van der Waals surface area contributed by atoms with Crippen molar-refractivity contribution in [2.75, 3.05) is 19.6 Å². The normalized spacial score (nSPS) is 17.7. The third kappa shape index (κ3) is 3.79. The highest BCUT2D eigenvalue weighted by Crippen LogP contribution is 2.21. The molecule has 2 aromatic rings. The molecule has 8 heteroatoms. The summed E-state index contributed by atoms with van der Waals surface area (Å²) in [7, 11) is 0. The molecule has 0 spiro atoms. The molecule has 0 saturated carbocycles. The number of hydrogen-bond acceptors (Lipinski definition) is 5. The van der Waals surface area contributed by atoms with E-state index in [0.717, 1.165) is 30.3 Å². The highest BCUT2D eigenvalue weighted by molar-refractivity contribution is 5.97. The van der Waals surface area contributed by atoms with Crippen LogP contribution in [0.5, 0.6) is 0 Å². The van der Waals surface area contributed by atoms with Crippen LogP contribution >= 0.6 is 0 Å². The lowest BCUT2D eigenvalue weighted by atomic mass is 10.0. The molecular weight excluding hydrogens is 320 g/mol. The van der Waals surface area contributed by atoms with Gasteiger partial charge in [0.1, 0.15) is 0 Å². The maximum atomic E-state index is 13.0. The quantitative estimate of drug-likeness (QED) is 0.739. The smallest absolute Gasteiger partial charge is 0.255 e. The topological polar surface area (TPSA) is 117 Å². The zero-order chi connectivity index (χ0) is 17.8. The first-order chi connectivity index (χ1) is 12.1. The monoisotopic (exact) mass is 344 g/mol. The fraction of sp³-hybridized carbons (Fsp3) is 0.529. The summed E-state index contributed by atoms with van der Waals surface area (Å²) in [5, 5.41) is 10.7. The van der Waals surface area contributed by atoms with E-state index in [9.17, 15) is 9.59 Å². The van der Waals surface area contributed by atoms with Gasteiger partial charge in [0, 0.05) is 49.4 Å². The first-order valence-electron chi connectivity index (χ1n) is 8.68. The van der Waals surface area contributed by atoms with Gasteiger partial charge in [0.2, 0.25) is 5.91 Å². The van der Waals surface area contributed by atoms with Gasteiger partial charge in [-0.25, -0.2) is 4.98 Å². The Morgan fingerprint density at radius 3 is 3.08 bits per heavy atom. The summed E-state index contributed by atoms with van der Waals surface area (Å²) in [5.41, 5.74) is 7.45. The van der Waals surface area contributed by atoms with Crippen LogP contribution in [0.1, 0.15) is 41.7 Å². The number of H-pyrrole nitrogens is 1. The summed E-state index contributed by atoms with van der Waals surface area (Å²) in [6.45, 7) is 3.39. The summed E-state index contributed by atoms with van der Waals surface area (Å²) < 4.78 is 0. The summed E-state index contributed by atoms with van der Waals surface area (Å²) in [4.78, 5) is 30.8. The van der Waals surface area contributed by atoms with E-state index in [0.29, 0.717) is 37.3 Å². The van der Waals surface area contributed by atoms with Crippen molar-refractivity contribution in [3.05, 3.63) is 23.5 Å². The molecule has 3 heterocycles. The van der Waals surface area contributed by atoms with Gasteiger partial charge in [-0.1, -0.05) is 0 Å². The molecule has 0 bridgehead atoms. The number of hydrogen-bond donors (Lipinski definition) is 3. The molecule has 1 unspecified atom stereocenters. The number of aryl methyl sites for hydroxylation is 1. The number of nitrogens with one attached hydrogen (secondary N) is 2. The predicted molar refractivity (Wildman–Crippen MR) is 94.0 cm³/mol. The number of pyridine rings is 1. The van der Waals surface area contributed by atoms with Crippen molar-refractivity contribution in [3.63, 3.8) is 0 Å². The Kier molecular flexibility index (Phi) is 5.28. The predicted octanol–water partition coefficient (Wildman–Crippen LogP) is 0.726. The Hall–Kier alpha value is -2.48. The minimum Gasteiger partial charge on any atom is -0.354 e. The van der Waals surface area contributed by atoms with E-state index >= 15 is 0 Å². The van der Waals surface area contributed by atoms with E-state index in [-0.39, 0.29) is 17.9 Å². The van der Waals surface area contributed by atoms with Crippen LogP contribution in [0.2, 0.25) is 0 Å². The van der Waals surface area contributed by atoms with Gasteiger partial charge in [-0.05, 0) is 32.3 Å². The van der Waals surface area contributed by atoms with E-state index in [4.69, 9.17) is 5.73 Å². The van der Waals surface area contributed by atoms with Gasteiger partial charge in [-0.2, -0.15) is 5.10 Å². The molecule has 1 atom stereocenters. The van der Waals surface area contributed by atoms with Crippen LogP contribution in [0, 0.1) is 6.92 Å². The Morgan fingerprint density at radius 2 is 2.28 bits per heavy atom. The van der Waals surface area contributed by atoms with Gasteiger partial charge < -0.3 is 16.0 Å². The van der Waals surface area contributed by atoms with E-state index in [1.54, 1.807) is 6.20 Å². The summed E-state index contributed by atoms with van der Waals surface area (Å²) >= 11 is 0. The highest BCUT2D eigenvalue weighted by Gasteiger charge is 2.28. The Labute approximate surface area is 146 Å². The van der Waals surface area contributed by atoms with Crippen molar-refractivity contribution >= 4 is 22.8 Å². The number of likely N-dealkylation sites (tertiary alicyclic amines) is 1. The molecule has 4 N–H and O–H groups in total. The first-order valence-corrected chi connectivity index (χ1v) is 8.68. The van der Waals surface area contributed by atoms with Gasteiger partial charge >= 0.3 is 0 Å². The molecule has 1 fully saturated rings. The maximum absolute atomic E-state index is 13.0. The molecule has 134 valence electrons. The van der Waals surface area contributed by atoms with Crippen LogP contribution in [-0.4, -0.2) is 57.6 Å². The molecule has 8 nitrogen and oxygen atoms in total. The van der Waals surface area contributed by atoms with E-state index in [2.05, 4.69) is 20.5 Å². The molecule has 2 amide bonds. The molecule has 0 aliphatic carbocycles. The van der Waals surface area contributed by atoms with Crippen molar-refractivity contribution in [1.82, 2.24) is 25.4 Å². The van der Waals surface area contributed by atoms with Gasteiger partial charge in [0.15, 0.2) is 5.65 Å².